The van der Waals surface area contributed by atoms with Crippen LogP contribution in [0.1, 0.15) is 33.1 Å². The van der Waals surface area contributed by atoms with Crippen molar-refractivity contribution in [1.29, 1.82) is 0 Å². The Bertz CT molecular complexity index is 272. The Hall–Kier alpha value is -1.10. The average molecular weight is 243 g/mol. The first-order chi connectivity index (χ1) is 8.14. The predicted octanol–water partition coefficient (Wildman–Crippen LogP) is 0.873. The van der Waals surface area contributed by atoms with Crippen LogP contribution >= 0.6 is 0 Å². The highest BCUT2D eigenvalue weighted by molar-refractivity contribution is 5.83. The summed E-state index contributed by atoms with van der Waals surface area (Å²) in [7, 11) is 0. The molecule has 5 nitrogen and oxygen atoms in total. The Morgan fingerprint density at radius 3 is 2.24 bits per heavy atom. The van der Waals surface area contributed by atoms with Gasteiger partial charge in [0.25, 0.3) is 0 Å². The van der Waals surface area contributed by atoms with Crippen LogP contribution in [-0.2, 0) is 19.1 Å². The van der Waals surface area contributed by atoms with Crippen molar-refractivity contribution < 1.29 is 19.1 Å². The van der Waals surface area contributed by atoms with Crippen LogP contribution in [0.15, 0.2) is 0 Å². The van der Waals surface area contributed by atoms with E-state index in [1.165, 1.54) is 0 Å². The van der Waals surface area contributed by atoms with Gasteiger partial charge in [-0.05, 0) is 39.8 Å². The van der Waals surface area contributed by atoms with Crippen LogP contribution < -0.4 is 5.32 Å². The summed E-state index contributed by atoms with van der Waals surface area (Å²) in [5.74, 6) is -0.586. The Kier molecular flexibility index (Phi) is 5.41. The van der Waals surface area contributed by atoms with E-state index in [-0.39, 0.29) is 18.4 Å². The van der Waals surface area contributed by atoms with Crippen LogP contribution in [0.5, 0.6) is 0 Å². The van der Waals surface area contributed by atoms with Crippen molar-refractivity contribution >= 4 is 11.9 Å². The quantitative estimate of drug-likeness (QED) is 0.726. The van der Waals surface area contributed by atoms with Crippen molar-refractivity contribution in [2.75, 3.05) is 26.3 Å². The van der Waals surface area contributed by atoms with Crippen molar-refractivity contribution in [2.24, 2.45) is 5.41 Å². The second kappa shape index (κ2) is 6.59. The molecule has 0 aromatic carbocycles. The molecule has 1 saturated heterocycles. The van der Waals surface area contributed by atoms with Crippen molar-refractivity contribution in [2.45, 2.75) is 33.1 Å². The minimum Gasteiger partial charge on any atom is -0.466 e. The molecule has 0 atom stereocenters. The maximum Gasteiger partial charge on any atom is 0.312 e. The highest BCUT2D eigenvalue weighted by Crippen LogP contribution is 2.34. The van der Waals surface area contributed by atoms with Gasteiger partial charge in [-0.3, -0.25) is 9.59 Å². The molecule has 17 heavy (non-hydrogen) atoms. The lowest BCUT2D eigenvalue weighted by atomic mass is 9.76. The number of hydrogen-bond acceptors (Lipinski definition) is 5. The highest BCUT2D eigenvalue weighted by Gasteiger charge is 2.43. The molecule has 1 aliphatic heterocycles. The zero-order valence-electron chi connectivity index (χ0n) is 10.6. The summed E-state index contributed by atoms with van der Waals surface area (Å²) >= 11 is 0. The molecule has 0 unspecified atom stereocenters. The van der Waals surface area contributed by atoms with E-state index >= 15 is 0 Å². The molecule has 1 N–H and O–H groups in total. The number of rotatable bonds is 5. The van der Waals surface area contributed by atoms with Gasteiger partial charge in [-0.25, -0.2) is 0 Å². The van der Waals surface area contributed by atoms with Crippen LogP contribution in [0.25, 0.3) is 0 Å². The summed E-state index contributed by atoms with van der Waals surface area (Å²) < 4.78 is 10.0. The SMILES string of the molecule is CCOC(=O)CC1(C(=O)OCC)CCNCC1. The minimum atomic E-state index is -0.687. The predicted molar refractivity (Wildman–Crippen MR) is 62.4 cm³/mol. The highest BCUT2D eigenvalue weighted by atomic mass is 16.5. The van der Waals surface area contributed by atoms with Gasteiger partial charge in [-0.15, -0.1) is 0 Å². The van der Waals surface area contributed by atoms with Crippen molar-refractivity contribution in [3.8, 4) is 0 Å². The fraction of sp³-hybridized carbons (Fsp3) is 0.833. The van der Waals surface area contributed by atoms with Crippen LogP contribution in [-0.4, -0.2) is 38.2 Å². The third-order valence-electron chi connectivity index (χ3n) is 3.06. The molecule has 1 aliphatic rings. The van der Waals surface area contributed by atoms with Crippen molar-refractivity contribution in [3.63, 3.8) is 0 Å². The molecule has 0 spiro atoms. The number of carbonyl (C=O) groups is 2. The minimum absolute atomic E-state index is 0.126. The van der Waals surface area contributed by atoms with E-state index in [9.17, 15) is 9.59 Å². The van der Waals surface area contributed by atoms with Gasteiger partial charge in [0.2, 0.25) is 0 Å². The van der Waals surface area contributed by atoms with Crippen molar-refractivity contribution in [3.05, 3.63) is 0 Å². The number of esters is 2. The molecule has 98 valence electrons. The maximum absolute atomic E-state index is 12.0. The molecular formula is C12H21NO4. The zero-order chi connectivity index (χ0) is 12.7. The number of carbonyl (C=O) groups excluding carboxylic acids is 2. The molecule has 0 aromatic heterocycles. The smallest absolute Gasteiger partial charge is 0.312 e. The molecule has 1 fully saturated rings. The molecule has 0 saturated carbocycles. The van der Waals surface area contributed by atoms with E-state index in [0.717, 1.165) is 13.1 Å². The molecular weight excluding hydrogens is 222 g/mol. The van der Waals surface area contributed by atoms with E-state index in [1.807, 2.05) is 0 Å². The maximum atomic E-state index is 12.0. The average Bonchev–Trinajstić information content (AvgIpc) is 2.30. The second-order valence-corrected chi connectivity index (χ2v) is 4.23. The normalized spacial score (nSPS) is 18.5. The lowest BCUT2D eigenvalue weighted by molar-refractivity contribution is -0.164. The molecule has 0 bridgehead atoms. The van der Waals surface area contributed by atoms with Crippen LogP contribution in [0.3, 0.4) is 0 Å². The summed E-state index contributed by atoms with van der Waals surface area (Å²) in [6.45, 7) is 5.69. The second-order valence-electron chi connectivity index (χ2n) is 4.23. The molecule has 1 heterocycles. The van der Waals surface area contributed by atoms with Gasteiger partial charge in [0, 0.05) is 0 Å². The number of nitrogens with one attached hydrogen (secondary N) is 1. The molecule has 0 amide bonds. The Balaban J connectivity index is 2.70. The van der Waals surface area contributed by atoms with Gasteiger partial charge in [-0.2, -0.15) is 0 Å². The van der Waals surface area contributed by atoms with E-state index < -0.39 is 5.41 Å². The molecule has 0 aromatic rings. The summed E-state index contributed by atoms with van der Waals surface area (Å²) in [5.41, 5.74) is -0.687. The first-order valence-corrected chi connectivity index (χ1v) is 6.18. The largest absolute Gasteiger partial charge is 0.466 e. The third kappa shape index (κ3) is 3.70. The summed E-state index contributed by atoms with van der Waals surface area (Å²) in [4.78, 5) is 23.6. The topological polar surface area (TPSA) is 64.6 Å². The standard InChI is InChI=1S/C12H21NO4/c1-3-16-10(14)9-12(11(15)17-4-2)5-7-13-8-6-12/h13H,3-9H2,1-2H3. The monoisotopic (exact) mass is 243 g/mol. The van der Waals surface area contributed by atoms with Gasteiger partial charge in [0.05, 0.1) is 25.0 Å². The van der Waals surface area contributed by atoms with Crippen molar-refractivity contribution in [1.82, 2.24) is 5.32 Å². The first kappa shape index (κ1) is 14.0. The fourth-order valence-corrected chi connectivity index (χ4v) is 2.13. The number of piperidine rings is 1. The zero-order valence-corrected chi connectivity index (χ0v) is 10.6. The summed E-state index contributed by atoms with van der Waals surface area (Å²) in [6.07, 6.45) is 1.39. The summed E-state index contributed by atoms with van der Waals surface area (Å²) in [6, 6.07) is 0. The van der Waals surface area contributed by atoms with Crippen LogP contribution in [0.4, 0.5) is 0 Å². The lowest BCUT2D eigenvalue weighted by Gasteiger charge is -2.34. The molecule has 0 radical (unpaired) electrons. The van der Waals surface area contributed by atoms with E-state index in [4.69, 9.17) is 9.47 Å². The fourth-order valence-electron chi connectivity index (χ4n) is 2.13. The number of hydrogen-bond donors (Lipinski definition) is 1. The van der Waals surface area contributed by atoms with E-state index in [2.05, 4.69) is 5.32 Å². The molecule has 0 aliphatic carbocycles. The Labute approximate surface area is 102 Å². The Morgan fingerprint density at radius 1 is 1.12 bits per heavy atom. The Morgan fingerprint density at radius 2 is 1.71 bits per heavy atom. The van der Waals surface area contributed by atoms with Gasteiger partial charge >= 0.3 is 11.9 Å². The number of ether oxygens (including phenoxy) is 2. The van der Waals surface area contributed by atoms with Crippen LogP contribution in [0, 0.1) is 5.41 Å². The lowest BCUT2D eigenvalue weighted by Crippen LogP contribution is -2.44. The third-order valence-corrected chi connectivity index (χ3v) is 3.06. The van der Waals surface area contributed by atoms with Gasteiger partial charge in [0.15, 0.2) is 0 Å². The first-order valence-electron chi connectivity index (χ1n) is 6.18. The van der Waals surface area contributed by atoms with Gasteiger partial charge < -0.3 is 14.8 Å². The van der Waals surface area contributed by atoms with E-state index in [0.29, 0.717) is 26.1 Å². The van der Waals surface area contributed by atoms with E-state index in [1.54, 1.807) is 13.8 Å². The van der Waals surface area contributed by atoms with Gasteiger partial charge in [0.1, 0.15) is 0 Å². The molecule has 5 heteroatoms. The van der Waals surface area contributed by atoms with Crippen LogP contribution in [0.2, 0.25) is 0 Å². The molecule has 1 rings (SSSR count). The van der Waals surface area contributed by atoms with Gasteiger partial charge in [-0.1, -0.05) is 0 Å². The summed E-state index contributed by atoms with van der Waals surface area (Å²) in [5, 5.41) is 3.18.